The van der Waals surface area contributed by atoms with E-state index in [0.29, 0.717) is 17.9 Å². The summed E-state index contributed by atoms with van der Waals surface area (Å²) in [7, 11) is 2.21. The highest BCUT2D eigenvalue weighted by Crippen LogP contribution is 2.28. The summed E-state index contributed by atoms with van der Waals surface area (Å²) in [5.74, 6) is 1.27. The van der Waals surface area contributed by atoms with Gasteiger partial charge in [-0.25, -0.2) is 0 Å². The highest BCUT2D eigenvalue weighted by Gasteiger charge is 2.18. The molecule has 1 saturated heterocycles. The molecule has 118 valence electrons. The lowest BCUT2D eigenvalue weighted by molar-refractivity contribution is 0.233. The van der Waals surface area contributed by atoms with Crippen molar-refractivity contribution in [3.8, 4) is 0 Å². The van der Waals surface area contributed by atoms with E-state index < -0.39 is 0 Å². The summed E-state index contributed by atoms with van der Waals surface area (Å²) in [6.07, 6.45) is 3.76. The number of hydrogen-bond donors (Lipinski definition) is 1. The predicted octanol–water partition coefficient (Wildman–Crippen LogP) is 4.15. The molecule has 2 nitrogen and oxygen atoms in total. The van der Waals surface area contributed by atoms with E-state index in [1.54, 1.807) is 0 Å². The van der Waals surface area contributed by atoms with Crippen LogP contribution in [0.3, 0.4) is 0 Å². The number of piperidine rings is 1. The number of benzene rings is 1. The fourth-order valence-corrected chi connectivity index (χ4v) is 3.38. The van der Waals surface area contributed by atoms with Crippen LogP contribution in [0.5, 0.6) is 0 Å². The first-order valence-corrected chi connectivity index (χ1v) is 8.61. The van der Waals surface area contributed by atoms with Gasteiger partial charge in [-0.2, -0.15) is 0 Å². The SMILES string of the molecule is CC(C)[C@H](CCNC1CCN(C)CC1)c1ccc(Cl)cc1. The lowest BCUT2D eigenvalue weighted by Crippen LogP contribution is -2.41. The van der Waals surface area contributed by atoms with Crippen molar-refractivity contribution in [1.29, 1.82) is 0 Å². The van der Waals surface area contributed by atoms with Crippen molar-refractivity contribution in [1.82, 2.24) is 10.2 Å². The summed E-state index contributed by atoms with van der Waals surface area (Å²) >= 11 is 6.00. The van der Waals surface area contributed by atoms with Crippen molar-refractivity contribution < 1.29 is 0 Å². The third-order valence-electron chi connectivity index (χ3n) is 4.71. The van der Waals surface area contributed by atoms with Crippen LogP contribution in [-0.2, 0) is 0 Å². The van der Waals surface area contributed by atoms with Gasteiger partial charge in [-0.15, -0.1) is 0 Å². The van der Waals surface area contributed by atoms with Crippen LogP contribution in [0.25, 0.3) is 0 Å². The molecule has 1 aliphatic rings. The Kier molecular flexibility index (Phi) is 6.53. The van der Waals surface area contributed by atoms with E-state index in [2.05, 4.69) is 43.2 Å². The van der Waals surface area contributed by atoms with Crippen molar-refractivity contribution in [3.05, 3.63) is 34.9 Å². The minimum absolute atomic E-state index is 0.612. The van der Waals surface area contributed by atoms with E-state index >= 15 is 0 Å². The maximum absolute atomic E-state index is 6.00. The highest BCUT2D eigenvalue weighted by molar-refractivity contribution is 6.30. The number of halogens is 1. The van der Waals surface area contributed by atoms with Crippen molar-refractivity contribution in [2.45, 2.75) is 45.1 Å². The molecule has 1 aromatic carbocycles. The minimum Gasteiger partial charge on any atom is -0.314 e. The first-order chi connectivity index (χ1) is 10.1. The average molecular weight is 309 g/mol. The minimum atomic E-state index is 0.612. The second-order valence-electron chi connectivity index (χ2n) is 6.72. The Balaban J connectivity index is 1.82. The van der Waals surface area contributed by atoms with Gasteiger partial charge in [0.15, 0.2) is 0 Å². The number of likely N-dealkylation sites (tertiary alicyclic amines) is 1. The monoisotopic (exact) mass is 308 g/mol. The molecule has 21 heavy (non-hydrogen) atoms. The van der Waals surface area contributed by atoms with Gasteiger partial charge >= 0.3 is 0 Å². The van der Waals surface area contributed by atoms with Crippen LogP contribution in [0.1, 0.15) is 44.6 Å². The fourth-order valence-electron chi connectivity index (χ4n) is 3.25. The smallest absolute Gasteiger partial charge is 0.0406 e. The van der Waals surface area contributed by atoms with Crippen molar-refractivity contribution in [2.75, 3.05) is 26.7 Å². The third kappa shape index (κ3) is 5.28. The standard InChI is InChI=1S/C18H29ClN2/c1-14(2)18(15-4-6-16(19)7-5-15)8-11-20-17-9-12-21(3)13-10-17/h4-7,14,17-18,20H,8-13H2,1-3H3/t18-/m0/s1. The van der Waals surface area contributed by atoms with E-state index in [-0.39, 0.29) is 0 Å². The molecule has 0 aliphatic carbocycles. The molecule has 1 aromatic rings. The molecule has 0 spiro atoms. The van der Waals surface area contributed by atoms with Gasteiger partial charge in [0.1, 0.15) is 0 Å². The number of nitrogens with zero attached hydrogens (tertiary/aromatic N) is 1. The van der Waals surface area contributed by atoms with E-state index in [9.17, 15) is 0 Å². The van der Waals surface area contributed by atoms with Gasteiger partial charge in [0, 0.05) is 11.1 Å². The van der Waals surface area contributed by atoms with Crippen molar-refractivity contribution in [2.24, 2.45) is 5.92 Å². The molecule has 0 saturated carbocycles. The summed E-state index contributed by atoms with van der Waals surface area (Å²) in [6.45, 7) is 8.19. The molecule has 1 atom stereocenters. The van der Waals surface area contributed by atoms with E-state index in [1.807, 2.05) is 12.1 Å². The lowest BCUT2D eigenvalue weighted by atomic mass is 9.85. The Morgan fingerprint density at radius 1 is 1.19 bits per heavy atom. The molecule has 0 unspecified atom stereocenters. The predicted molar refractivity (Wildman–Crippen MR) is 92.2 cm³/mol. The van der Waals surface area contributed by atoms with Gasteiger partial charge in [0.2, 0.25) is 0 Å². The number of rotatable bonds is 6. The van der Waals surface area contributed by atoms with Gasteiger partial charge in [-0.1, -0.05) is 37.6 Å². The third-order valence-corrected chi connectivity index (χ3v) is 4.96. The summed E-state index contributed by atoms with van der Waals surface area (Å²) in [5, 5.41) is 4.58. The van der Waals surface area contributed by atoms with Gasteiger partial charge in [0.05, 0.1) is 0 Å². The molecule has 1 heterocycles. The van der Waals surface area contributed by atoms with E-state index in [0.717, 1.165) is 11.6 Å². The molecule has 1 fully saturated rings. The van der Waals surface area contributed by atoms with Crippen LogP contribution < -0.4 is 5.32 Å². The van der Waals surface area contributed by atoms with Crippen LogP contribution in [0.2, 0.25) is 5.02 Å². The van der Waals surface area contributed by atoms with Crippen LogP contribution in [-0.4, -0.2) is 37.6 Å². The first-order valence-electron chi connectivity index (χ1n) is 8.23. The quantitative estimate of drug-likeness (QED) is 0.849. The van der Waals surface area contributed by atoms with Crippen molar-refractivity contribution >= 4 is 11.6 Å². The van der Waals surface area contributed by atoms with Gasteiger partial charge in [-0.05, 0) is 75.5 Å². The molecule has 1 N–H and O–H groups in total. The lowest BCUT2D eigenvalue weighted by Gasteiger charge is -2.30. The Morgan fingerprint density at radius 3 is 2.38 bits per heavy atom. The molecular weight excluding hydrogens is 280 g/mol. The normalized spacial score (nSPS) is 19.1. The molecule has 2 rings (SSSR count). The Bertz CT molecular complexity index is 408. The molecule has 1 aliphatic heterocycles. The fraction of sp³-hybridized carbons (Fsp3) is 0.667. The number of nitrogens with one attached hydrogen (secondary N) is 1. The zero-order valence-corrected chi connectivity index (χ0v) is 14.4. The maximum atomic E-state index is 6.00. The largest absolute Gasteiger partial charge is 0.314 e. The zero-order valence-electron chi connectivity index (χ0n) is 13.6. The summed E-state index contributed by atoms with van der Waals surface area (Å²) in [4.78, 5) is 2.42. The van der Waals surface area contributed by atoms with Crippen LogP contribution in [0.4, 0.5) is 0 Å². The molecule has 0 radical (unpaired) electrons. The Morgan fingerprint density at radius 2 is 1.81 bits per heavy atom. The van der Waals surface area contributed by atoms with Crippen LogP contribution in [0.15, 0.2) is 24.3 Å². The summed E-state index contributed by atoms with van der Waals surface area (Å²) in [5.41, 5.74) is 1.42. The van der Waals surface area contributed by atoms with Crippen molar-refractivity contribution in [3.63, 3.8) is 0 Å². The van der Waals surface area contributed by atoms with E-state index in [1.165, 1.54) is 37.9 Å². The molecule has 0 bridgehead atoms. The van der Waals surface area contributed by atoms with Gasteiger partial charge < -0.3 is 10.2 Å². The highest BCUT2D eigenvalue weighted by atomic mass is 35.5. The van der Waals surface area contributed by atoms with Crippen LogP contribution in [0, 0.1) is 5.92 Å². The second kappa shape index (κ2) is 8.17. The summed E-state index contributed by atoms with van der Waals surface area (Å²) < 4.78 is 0. The second-order valence-corrected chi connectivity index (χ2v) is 7.16. The number of hydrogen-bond acceptors (Lipinski definition) is 2. The summed E-state index contributed by atoms with van der Waals surface area (Å²) in [6, 6.07) is 9.09. The Labute approximate surface area is 134 Å². The molecule has 0 amide bonds. The zero-order chi connectivity index (χ0) is 15.2. The van der Waals surface area contributed by atoms with Crippen LogP contribution >= 0.6 is 11.6 Å². The first kappa shape index (κ1) is 16.8. The average Bonchev–Trinajstić information content (AvgIpc) is 2.46. The Hall–Kier alpha value is -0.570. The molecule has 0 aromatic heterocycles. The molecular formula is C18H29ClN2. The van der Waals surface area contributed by atoms with Gasteiger partial charge in [0.25, 0.3) is 0 Å². The topological polar surface area (TPSA) is 15.3 Å². The molecule has 3 heteroatoms. The van der Waals surface area contributed by atoms with E-state index in [4.69, 9.17) is 11.6 Å². The maximum Gasteiger partial charge on any atom is 0.0406 e. The van der Waals surface area contributed by atoms with Gasteiger partial charge in [-0.3, -0.25) is 0 Å².